The van der Waals surface area contributed by atoms with Gasteiger partial charge in [0, 0.05) is 42.5 Å². The zero-order valence-electron chi connectivity index (χ0n) is 17.8. The lowest BCUT2D eigenvalue weighted by atomic mass is 10.1. The summed E-state index contributed by atoms with van der Waals surface area (Å²) in [5, 5.41) is 13.7. The molecule has 0 radical (unpaired) electrons. The number of carbonyl (C=O) groups is 2. The average Bonchev–Trinajstić information content (AvgIpc) is 2.79. The van der Waals surface area contributed by atoms with E-state index in [1.807, 2.05) is 0 Å². The number of carbonyl (C=O) groups excluding carboxylic acids is 2. The molecule has 0 aliphatic rings. The van der Waals surface area contributed by atoms with Crippen molar-refractivity contribution in [3.05, 3.63) is 82.5 Å². The number of benzene rings is 2. The zero-order chi connectivity index (χ0) is 23.3. The molecule has 0 fully saturated rings. The summed E-state index contributed by atoms with van der Waals surface area (Å²) in [6.07, 6.45) is 1.55. The van der Waals surface area contributed by atoms with E-state index in [4.69, 9.17) is 21.7 Å². The van der Waals surface area contributed by atoms with Crippen LogP contribution >= 0.6 is 11.6 Å². The summed E-state index contributed by atoms with van der Waals surface area (Å²) in [6.45, 7) is 0. The van der Waals surface area contributed by atoms with Crippen molar-refractivity contribution in [2.24, 2.45) is 0 Å². The highest BCUT2D eigenvalue weighted by Gasteiger charge is 2.21. The number of hydrogen-bond acceptors (Lipinski definition) is 5. The molecule has 8 nitrogen and oxygen atoms in total. The standard InChI is InChI=1S/C23H22ClN5O3/c1-29(2)21(25)14-7-9-15(10-8-14)22(30)28-20-17(12-16(24)13-18(20)32-3)23(31)27-19-6-4-5-11-26-19/h4-13,25H,1-3H3,(H,28,30)(H,26,27,31). The Balaban J connectivity index is 1.90. The van der Waals surface area contributed by atoms with Gasteiger partial charge in [-0.15, -0.1) is 0 Å². The van der Waals surface area contributed by atoms with Crippen molar-refractivity contribution in [3.8, 4) is 5.75 Å². The summed E-state index contributed by atoms with van der Waals surface area (Å²) >= 11 is 6.16. The Labute approximate surface area is 190 Å². The molecule has 0 aliphatic heterocycles. The minimum absolute atomic E-state index is 0.124. The molecule has 3 rings (SSSR count). The van der Waals surface area contributed by atoms with Crippen molar-refractivity contribution < 1.29 is 14.3 Å². The summed E-state index contributed by atoms with van der Waals surface area (Å²) < 4.78 is 5.35. The van der Waals surface area contributed by atoms with Crippen LogP contribution in [0.15, 0.2) is 60.8 Å². The number of aromatic nitrogens is 1. The maximum atomic E-state index is 12.9. The number of ether oxygens (including phenoxy) is 1. The van der Waals surface area contributed by atoms with E-state index in [0.29, 0.717) is 22.8 Å². The molecule has 9 heteroatoms. The van der Waals surface area contributed by atoms with Crippen LogP contribution in [0.2, 0.25) is 5.02 Å². The lowest BCUT2D eigenvalue weighted by Crippen LogP contribution is -2.22. The molecule has 0 unspecified atom stereocenters. The maximum Gasteiger partial charge on any atom is 0.259 e. The quantitative estimate of drug-likeness (QED) is 0.385. The first-order chi connectivity index (χ1) is 15.3. The molecular weight excluding hydrogens is 430 g/mol. The van der Waals surface area contributed by atoms with Crippen LogP contribution in [0.5, 0.6) is 5.75 Å². The van der Waals surface area contributed by atoms with Gasteiger partial charge in [-0.3, -0.25) is 15.0 Å². The van der Waals surface area contributed by atoms with Crippen molar-refractivity contribution in [1.29, 1.82) is 5.41 Å². The molecular formula is C23H22ClN5O3. The first kappa shape index (κ1) is 22.8. The number of hydrogen-bond donors (Lipinski definition) is 3. The van der Waals surface area contributed by atoms with E-state index in [2.05, 4.69) is 15.6 Å². The summed E-state index contributed by atoms with van der Waals surface area (Å²) in [5.74, 6) is -0.0319. The van der Waals surface area contributed by atoms with Crippen LogP contribution in [0.4, 0.5) is 11.5 Å². The minimum atomic E-state index is -0.505. The topological polar surface area (TPSA) is 107 Å². The van der Waals surface area contributed by atoms with Crippen LogP contribution in [-0.4, -0.2) is 48.7 Å². The third-order valence-corrected chi connectivity index (χ3v) is 4.76. The molecule has 2 aromatic carbocycles. The molecule has 0 saturated heterocycles. The molecule has 0 bridgehead atoms. The van der Waals surface area contributed by atoms with Crippen molar-refractivity contribution in [2.75, 3.05) is 31.8 Å². The van der Waals surface area contributed by atoms with Gasteiger partial charge in [0.2, 0.25) is 0 Å². The minimum Gasteiger partial charge on any atom is -0.494 e. The highest BCUT2D eigenvalue weighted by molar-refractivity contribution is 6.31. The summed E-state index contributed by atoms with van der Waals surface area (Å²) in [7, 11) is 4.96. The predicted octanol–water partition coefficient (Wildman–Crippen LogP) is 4.14. The first-order valence-corrected chi connectivity index (χ1v) is 9.95. The number of methoxy groups -OCH3 is 1. The Bertz CT molecular complexity index is 1150. The fourth-order valence-corrected chi connectivity index (χ4v) is 3.10. The first-order valence-electron chi connectivity index (χ1n) is 9.57. The van der Waals surface area contributed by atoms with Gasteiger partial charge < -0.3 is 20.3 Å². The lowest BCUT2D eigenvalue weighted by Gasteiger charge is -2.16. The van der Waals surface area contributed by atoms with E-state index in [0.717, 1.165) is 0 Å². The lowest BCUT2D eigenvalue weighted by molar-refractivity contribution is 0.102. The van der Waals surface area contributed by atoms with E-state index in [1.54, 1.807) is 67.7 Å². The molecule has 164 valence electrons. The van der Waals surface area contributed by atoms with E-state index in [-0.39, 0.29) is 22.0 Å². The number of amides is 2. The number of nitrogens with zero attached hydrogens (tertiary/aromatic N) is 2. The molecule has 0 aliphatic carbocycles. The number of nitrogens with one attached hydrogen (secondary N) is 3. The van der Waals surface area contributed by atoms with Crippen LogP contribution in [0.3, 0.4) is 0 Å². The zero-order valence-corrected chi connectivity index (χ0v) is 18.5. The number of rotatable bonds is 6. The summed E-state index contributed by atoms with van der Waals surface area (Å²) in [5.41, 5.74) is 1.33. The van der Waals surface area contributed by atoms with Gasteiger partial charge in [-0.2, -0.15) is 0 Å². The van der Waals surface area contributed by atoms with Crippen LogP contribution in [0.25, 0.3) is 0 Å². The second kappa shape index (κ2) is 9.93. The van der Waals surface area contributed by atoms with Gasteiger partial charge in [0.1, 0.15) is 17.4 Å². The number of amidine groups is 1. The maximum absolute atomic E-state index is 12.9. The fraction of sp³-hybridized carbons (Fsp3) is 0.130. The number of halogens is 1. The van der Waals surface area contributed by atoms with Crippen LogP contribution in [-0.2, 0) is 0 Å². The molecule has 3 aromatic rings. The molecule has 1 heterocycles. The van der Waals surface area contributed by atoms with E-state index in [9.17, 15) is 9.59 Å². The largest absolute Gasteiger partial charge is 0.494 e. The molecule has 1 aromatic heterocycles. The second-order valence-corrected chi connectivity index (χ2v) is 7.41. The van der Waals surface area contributed by atoms with Gasteiger partial charge >= 0.3 is 0 Å². The second-order valence-electron chi connectivity index (χ2n) is 6.97. The predicted molar refractivity (Wildman–Crippen MR) is 125 cm³/mol. The van der Waals surface area contributed by atoms with Crippen LogP contribution in [0, 0.1) is 5.41 Å². The van der Waals surface area contributed by atoms with Crippen LogP contribution in [0.1, 0.15) is 26.3 Å². The Morgan fingerprint density at radius 3 is 2.28 bits per heavy atom. The molecule has 32 heavy (non-hydrogen) atoms. The van der Waals surface area contributed by atoms with E-state index >= 15 is 0 Å². The third kappa shape index (κ3) is 5.22. The molecule has 2 amide bonds. The number of pyridine rings is 1. The van der Waals surface area contributed by atoms with Gasteiger partial charge in [-0.25, -0.2) is 4.98 Å². The van der Waals surface area contributed by atoms with Gasteiger partial charge in [-0.05, 0) is 30.3 Å². The van der Waals surface area contributed by atoms with Crippen molar-refractivity contribution in [3.63, 3.8) is 0 Å². The summed E-state index contributed by atoms with van der Waals surface area (Å²) in [4.78, 5) is 31.6. The average molecular weight is 452 g/mol. The van der Waals surface area contributed by atoms with Gasteiger partial charge in [-0.1, -0.05) is 29.8 Å². The van der Waals surface area contributed by atoms with Crippen molar-refractivity contribution in [2.45, 2.75) is 0 Å². The Hall–Kier alpha value is -3.91. The van der Waals surface area contributed by atoms with Crippen molar-refractivity contribution in [1.82, 2.24) is 9.88 Å². The highest BCUT2D eigenvalue weighted by Crippen LogP contribution is 2.33. The fourth-order valence-electron chi connectivity index (χ4n) is 2.89. The smallest absolute Gasteiger partial charge is 0.259 e. The Morgan fingerprint density at radius 1 is 1.00 bits per heavy atom. The normalized spacial score (nSPS) is 10.2. The monoisotopic (exact) mass is 451 g/mol. The summed E-state index contributed by atoms with van der Waals surface area (Å²) in [6, 6.07) is 14.7. The van der Waals surface area contributed by atoms with Crippen molar-refractivity contribution >= 4 is 40.8 Å². The van der Waals surface area contributed by atoms with E-state index in [1.165, 1.54) is 19.2 Å². The third-order valence-electron chi connectivity index (χ3n) is 4.54. The van der Waals surface area contributed by atoms with Gasteiger partial charge in [0.15, 0.2) is 0 Å². The van der Waals surface area contributed by atoms with Crippen LogP contribution < -0.4 is 15.4 Å². The SMILES string of the molecule is COc1cc(Cl)cc(C(=O)Nc2ccccn2)c1NC(=O)c1ccc(C(=N)N(C)C)cc1. The molecule has 0 saturated carbocycles. The van der Waals surface area contributed by atoms with E-state index < -0.39 is 11.8 Å². The van der Waals surface area contributed by atoms with Gasteiger partial charge in [0.05, 0.1) is 18.4 Å². The Kier molecular flexibility index (Phi) is 7.07. The highest BCUT2D eigenvalue weighted by atomic mass is 35.5. The molecule has 0 spiro atoms. The Morgan fingerprint density at radius 2 is 1.69 bits per heavy atom. The van der Waals surface area contributed by atoms with Gasteiger partial charge in [0.25, 0.3) is 11.8 Å². The molecule has 0 atom stereocenters. The molecule has 3 N–H and O–H groups in total. The number of anilines is 2.